The summed E-state index contributed by atoms with van der Waals surface area (Å²) in [6, 6.07) is 16.0. The standard InChI is InChI=1S/C23H27N3O3/c1-16(2)24(14-19-8-6-5-7-9-19)21(27)15-25-22(28)18(4)26(23(25)29)20-12-10-17(3)11-13-20/h5-13,16,18H,14-15H2,1-4H3. The molecule has 29 heavy (non-hydrogen) atoms. The van der Waals surface area contributed by atoms with E-state index in [1.807, 2.05) is 75.4 Å². The van der Waals surface area contributed by atoms with E-state index < -0.39 is 12.1 Å². The molecule has 0 N–H and O–H groups in total. The fourth-order valence-electron chi connectivity index (χ4n) is 3.48. The first-order valence-corrected chi connectivity index (χ1v) is 9.84. The van der Waals surface area contributed by atoms with Gasteiger partial charge in [-0.15, -0.1) is 0 Å². The number of rotatable bonds is 6. The summed E-state index contributed by atoms with van der Waals surface area (Å²) in [4.78, 5) is 42.9. The molecule has 0 bridgehead atoms. The minimum atomic E-state index is -0.639. The van der Waals surface area contributed by atoms with Crippen LogP contribution in [0.25, 0.3) is 0 Å². The first-order valence-electron chi connectivity index (χ1n) is 9.84. The zero-order chi connectivity index (χ0) is 21.1. The minimum Gasteiger partial charge on any atom is -0.334 e. The third kappa shape index (κ3) is 4.31. The van der Waals surface area contributed by atoms with Gasteiger partial charge in [0.05, 0.1) is 0 Å². The molecular formula is C23H27N3O3. The normalized spacial score (nSPS) is 16.7. The maximum Gasteiger partial charge on any atom is 0.332 e. The Morgan fingerprint density at radius 3 is 2.24 bits per heavy atom. The lowest BCUT2D eigenvalue weighted by Crippen LogP contribution is -2.45. The third-order valence-corrected chi connectivity index (χ3v) is 5.19. The summed E-state index contributed by atoms with van der Waals surface area (Å²) < 4.78 is 0. The van der Waals surface area contributed by atoms with Crippen molar-refractivity contribution >= 4 is 23.5 Å². The van der Waals surface area contributed by atoms with Gasteiger partial charge in [-0.05, 0) is 45.4 Å². The Labute approximate surface area is 171 Å². The summed E-state index contributed by atoms with van der Waals surface area (Å²) in [5, 5.41) is 0. The van der Waals surface area contributed by atoms with Gasteiger partial charge in [-0.3, -0.25) is 19.4 Å². The minimum absolute atomic E-state index is 0.0545. The highest BCUT2D eigenvalue weighted by molar-refractivity contribution is 6.15. The number of carbonyl (C=O) groups excluding carboxylic acids is 3. The van der Waals surface area contributed by atoms with Gasteiger partial charge >= 0.3 is 6.03 Å². The van der Waals surface area contributed by atoms with E-state index in [9.17, 15) is 14.4 Å². The van der Waals surface area contributed by atoms with E-state index in [2.05, 4.69) is 0 Å². The molecule has 6 nitrogen and oxygen atoms in total. The number of benzene rings is 2. The lowest BCUT2D eigenvalue weighted by atomic mass is 10.2. The molecule has 2 aromatic carbocycles. The van der Waals surface area contributed by atoms with E-state index in [1.165, 1.54) is 4.90 Å². The van der Waals surface area contributed by atoms with Crippen LogP contribution in [0.5, 0.6) is 0 Å². The molecule has 6 heteroatoms. The van der Waals surface area contributed by atoms with E-state index in [-0.39, 0.29) is 24.4 Å². The Kier molecular flexibility index (Phi) is 6.01. The van der Waals surface area contributed by atoms with Gasteiger partial charge in [0.15, 0.2) is 0 Å². The largest absolute Gasteiger partial charge is 0.334 e. The van der Waals surface area contributed by atoms with Crippen LogP contribution >= 0.6 is 0 Å². The fraction of sp³-hybridized carbons (Fsp3) is 0.348. The summed E-state index contributed by atoms with van der Waals surface area (Å²) in [5.74, 6) is -0.601. The van der Waals surface area contributed by atoms with Crippen molar-refractivity contribution in [1.29, 1.82) is 0 Å². The van der Waals surface area contributed by atoms with E-state index in [0.717, 1.165) is 16.0 Å². The van der Waals surface area contributed by atoms with Gasteiger partial charge < -0.3 is 4.90 Å². The molecule has 1 aliphatic rings. The first-order chi connectivity index (χ1) is 13.8. The predicted molar refractivity (Wildman–Crippen MR) is 112 cm³/mol. The molecule has 1 unspecified atom stereocenters. The second-order valence-corrected chi connectivity index (χ2v) is 7.69. The molecule has 3 rings (SSSR count). The molecule has 0 radical (unpaired) electrons. The number of carbonyl (C=O) groups is 3. The molecule has 1 saturated heterocycles. The van der Waals surface area contributed by atoms with E-state index in [0.29, 0.717) is 12.2 Å². The predicted octanol–water partition coefficient (Wildman–Crippen LogP) is 3.59. The molecule has 0 aromatic heterocycles. The molecule has 152 valence electrons. The van der Waals surface area contributed by atoms with Crippen LogP contribution in [0, 0.1) is 6.92 Å². The number of anilines is 1. The Hall–Kier alpha value is -3.15. The molecular weight excluding hydrogens is 366 g/mol. The van der Waals surface area contributed by atoms with E-state index in [4.69, 9.17) is 0 Å². The van der Waals surface area contributed by atoms with Gasteiger partial charge in [0.25, 0.3) is 5.91 Å². The van der Waals surface area contributed by atoms with Crippen LogP contribution in [0.3, 0.4) is 0 Å². The van der Waals surface area contributed by atoms with Crippen molar-refractivity contribution in [3.8, 4) is 0 Å². The zero-order valence-corrected chi connectivity index (χ0v) is 17.3. The number of urea groups is 1. The van der Waals surface area contributed by atoms with Crippen LogP contribution in [0.2, 0.25) is 0 Å². The van der Waals surface area contributed by atoms with Gasteiger partial charge in [-0.25, -0.2) is 4.79 Å². The highest BCUT2D eigenvalue weighted by Gasteiger charge is 2.44. The summed E-state index contributed by atoms with van der Waals surface area (Å²) in [6.45, 7) is 7.68. The average molecular weight is 393 g/mol. The topological polar surface area (TPSA) is 60.9 Å². The summed E-state index contributed by atoms with van der Waals surface area (Å²) in [5.41, 5.74) is 2.73. The van der Waals surface area contributed by atoms with Crippen molar-refractivity contribution < 1.29 is 14.4 Å². The van der Waals surface area contributed by atoms with E-state index in [1.54, 1.807) is 11.8 Å². The van der Waals surface area contributed by atoms with Crippen LogP contribution in [-0.4, -0.2) is 46.3 Å². The first kappa shape index (κ1) is 20.6. The van der Waals surface area contributed by atoms with E-state index >= 15 is 0 Å². The third-order valence-electron chi connectivity index (χ3n) is 5.19. The maximum atomic E-state index is 13.0. The van der Waals surface area contributed by atoms with Crippen molar-refractivity contribution in [2.45, 2.75) is 46.3 Å². The molecule has 0 saturated carbocycles. The van der Waals surface area contributed by atoms with Crippen molar-refractivity contribution in [2.75, 3.05) is 11.4 Å². The summed E-state index contributed by atoms with van der Waals surface area (Å²) in [6.07, 6.45) is 0. The molecule has 0 spiro atoms. The van der Waals surface area contributed by atoms with Crippen molar-refractivity contribution in [3.05, 3.63) is 65.7 Å². The van der Waals surface area contributed by atoms with Crippen molar-refractivity contribution in [1.82, 2.24) is 9.80 Å². The average Bonchev–Trinajstić information content (AvgIpc) is 2.91. The molecule has 2 aromatic rings. The highest BCUT2D eigenvalue weighted by atomic mass is 16.2. The zero-order valence-electron chi connectivity index (χ0n) is 17.3. The van der Waals surface area contributed by atoms with Crippen LogP contribution < -0.4 is 4.90 Å². The van der Waals surface area contributed by atoms with Gasteiger partial charge in [0.1, 0.15) is 12.6 Å². The summed E-state index contributed by atoms with van der Waals surface area (Å²) in [7, 11) is 0. The number of hydrogen-bond acceptors (Lipinski definition) is 3. The number of imide groups is 1. The molecule has 0 aliphatic carbocycles. The Morgan fingerprint density at radius 2 is 1.66 bits per heavy atom. The van der Waals surface area contributed by atoms with Crippen LogP contribution in [0.1, 0.15) is 31.9 Å². The summed E-state index contributed by atoms with van der Waals surface area (Å²) >= 11 is 0. The fourth-order valence-corrected chi connectivity index (χ4v) is 3.48. The molecule has 1 heterocycles. The van der Waals surface area contributed by atoms with Gasteiger partial charge in [-0.1, -0.05) is 48.0 Å². The van der Waals surface area contributed by atoms with Crippen molar-refractivity contribution in [3.63, 3.8) is 0 Å². The highest BCUT2D eigenvalue weighted by Crippen LogP contribution is 2.26. The SMILES string of the molecule is Cc1ccc(N2C(=O)N(CC(=O)N(Cc3ccccc3)C(C)C)C(=O)C2C)cc1. The lowest BCUT2D eigenvalue weighted by Gasteiger charge is -2.28. The quantitative estimate of drug-likeness (QED) is 0.705. The van der Waals surface area contributed by atoms with Gasteiger partial charge in [0, 0.05) is 18.3 Å². The van der Waals surface area contributed by atoms with Crippen LogP contribution in [-0.2, 0) is 16.1 Å². The molecule has 1 aliphatic heterocycles. The van der Waals surface area contributed by atoms with Crippen LogP contribution in [0.4, 0.5) is 10.5 Å². The van der Waals surface area contributed by atoms with Crippen molar-refractivity contribution in [2.24, 2.45) is 0 Å². The van der Waals surface area contributed by atoms with Gasteiger partial charge in [-0.2, -0.15) is 0 Å². The number of amides is 4. The lowest BCUT2D eigenvalue weighted by molar-refractivity contribution is -0.138. The number of hydrogen-bond donors (Lipinski definition) is 0. The number of nitrogens with zero attached hydrogens (tertiary/aromatic N) is 3. The molecule has 4 amide bonds. The Balaban J connectivity index is 1.77. The second-order valence-electron chi connectivity index (χ2n) is 7.69. The van der Waals surface area contributed by atoms with Crippen LogP contribution in [0.15, 0.2) is 54.6 Å². The number of aryl methyl sites for hydroxylation is 1. The molecule has 1 atom stereocenters. The Bertz CT molecular complexity index is 893. The smallest absolute Gasteiger partial charge is 0.332 e. The monoisotopic (exact) mass is 393 g/mol. The Morgan fingerprint density at radius 1 is 1.03 bits per heavy atom. The second kappa shape index (κ2) is 8.47. The van der Waals surface area contributed by atoms with Gasteiger partial charge in [0.2, 0.25) is 5.91 Å². The molecule has 1 fully saturated rings. The maximum absolute atomic E-state index is 13.0.